The molecule has 0 spiro atoms. The molecule has 1 aromatic rings. The maximum atomic E-state index is 4.54. The molecule has 1 aromatic heterocycles. The minimum atomic E-state index is 0.192. The van der Waals surface area contributed by atoms with Gasteiger partial charge in [-0.25, -0.2) is 0 Å². The van der Waals surface area contributed by atoms with Crippen LogP contribution in [-0.2, 0) is 6.42 Å². The second-order valence-electron chi connectivity index (χ2n) is 5.28. The molecule has 2 aliphatic heterocycles. The average Bonchev–Trinajstić information content (AvgIpc) is 2.91. The highest BCUT2D eigenvalue weighted by Crippen LogP contribution is 2.40. The van der Waals surface area contributed by atoms with Gasteiger partial charge in [-0.15, -0.1) is 0 Å². The number of aryl methyl sites for hydroxylation is 1. The molecule has 0 radical (unpaired) electrons. The van der Waals surface area contributed by atoms with Crippen LogP contribution in [0.4, 0.5) is 0 Å². The van der Waals surface area contributed by atoms with Crippen molar-refractivity contribution in [3.05, 3.63) is 60.0 Å². The molecule has 3 heteroatoms. The Morgan fingerprint density at radius 2 is 2.15 bits per heavy atom. The Labute approximate surface area is 120 Å². The van der Waals surface area contributed by atoms with E-state index in [4.69, 9.17) is 0 Å². The highest BCUT2D eigenvalue weighted by molar-refractivity contribution is 5.56. The zero-order valence-corrected chi connectivity index (χ0v) is 12.2. The van der Waals surface area contributed by atoms with E-state index in [1.807, 2.05) is 6.20 Å². The number of hydrogen-bond donors (Lipinski definition) is 0. The minimum absolute atomic E-state index is 0.192. The summed E-state index contributed by atoms with van der Waals surface area (Å²) in [6, 6.07) is 2.16. The average molecular weight is 267 g/mol. The van der Waals surface area contributed by atoms with E-state index in [-0.39, 0.29) is 6.17 Å². The SMILES string of the molecule is C=C(CC)N1C=CN2C=Cc3nccc(CCC)c3C21. The zero-order chi connectivity index (χ0) is 14.1. The van der Waals surface area contributed by atoms with Crippen molar-refractivity contribution in [2.24, 2.45) is 0 Å². The fourth-order valence-electron chi connectivity index (χ4n) is 2.94. The lowest BCUT2D eigenvalue weighted by Gasteiger charge is -2.36. The summed E-state index contributed by atoms with van der Waals surface area (Å²) < 4.78 is 0. The molecule has 1 unspecified atom stereocenters. The highest BCUT2D eigenvalue weighted by Gasteiger charge is 2.33. The van der Waals surface area contributed by atoms with E-state index in [0.717, 1.165) is 30.7 Å². The summed E-state index contributed by atoms with van der Waals surface area (Å²) in [5.74, 6) is 0. The molecule has 3 rings (SSSR count). The molecule has 0 aromatic carbocycles. The van der Waals surface area contributed by atoms with E-state index in [1.165, 1.54) is 11.1 Å². The van der Waals surface area contributed by atoms with Gasteiger partial charge in [0.25, 0.3) is 0 Å². The first kappa shape index (κ1) is 13.0. The monoisotopic (exact) mass is 267 g/mol. The summed E-state index contributed by atoms with van der Waals surface area (Å²) in [7, 11) is 0. The molecule has 0 bridgehead atoms. The van der Waals surface area contributed by atoms with Crippen LogP contribution in [0, 0.1) is 0 Å². The van der Waals surface area contributed by atoms with Gasteiger partial charge in [0.15, 0.2) is 0 Å². The Morgan fingerprint density at radius 3 is 2.90 bits per heavy atom. The van der Waals surface area contributed by atoms with Crippen molar-refractivity contribution in [2.45, 2.75) is 39.3 Å². The van der Waals surface area contributed by atoms with Crippen LogP contribution < -0.4 is 0 Å². The molecule has 20 heavy (non-hydrogen) atoms. The van der Waals surface area contributed by atoms with Crippen molar-refractivity contribution in [2.75, 3.05) is 0 Å². The molecule has 0 N–H and O–H groups in total. The number of rotatable bonds is 4. The summed E-state index contributed by atoms with van der Waals surface area (Å²) >= 11 is 0. The van der Waals surface area contributed by atoms with Gasteiger partial charge in [-0.1, -0.05) is 26.8 Å². The van der Waals surface area contributed by atoms with Crippen LogP contribution in [0.1, 0.15) is 49.7 Å². The standard InChI is InChI=1S/C17H21N3/c1-4-6-14-7-9-18-15-8-10-19-11-12-20(13(3)5-2)17(19)16(14)15/h7-12,17H,3-6H2,1-2H3. The highest BCUT2D eigenvalue weighted by atomic mass is 15.4. The zero-order valence-electron chi connectivity index (χ0n) is 12.2. The van der Waals surface area contributed by atoms with E-state index in [9.17, 15) is 0 Å². The van der Waals surface area contributed by atoms with E-state index >= 15 is 0 Å². The predicted octanol–water partition coefficient (Wildman–Crippen LogP) is 4.03. The van der Waals surface area contributed by atoms with Crippen molar-refractivity contribution in [3.63, 3.8) is 0 Å². The molecule has 0 amide bonds. The van der Waals surface area contributed by atoms with E-state index in [1.54, 1.807) is 0 Å². The summed E-state index contributed by atoms with van der Waals surface area (Å²) in [4.78, 5) is 9.05. The quantitative estimate of drug-likeness (QED) is 0.821. The molecule has 2 aliphatic rings. The Morgan fingerprint density at radius 1 is 1.30 bits per heavy atom. The van der Waals surface area contributed by atoms with Crippen LogP contribution in [0.2, 0.25) is 0 Å². The maximum absolute atomic E-state index is 4.54. The van der Waals surface area contributed by atoms with Crippen LogP contribution in [0.5, 0.6) is 0 Å². The number of pyridine rings is 1. The maximum Gasteiger partial charge on any atom is 0.137 e. The third kappa shape index (κ3) is 1.94. The van der Waals surface area contributed by atoms with Gasteiger partial charge in [0.05, 0.1) is 5.69 Å². The Hall–Kier alpha value is -2.03. The van der Waals surface area contributed by atoms with Gasteiger partial charge in [0, 0.05) is 36.1 Å². The molecule has 0 saturated heterocycles. The lowest BCUT2D eigenvalue weighted by atomic mass is 9.96. The van der Waals surface area contributed by atoms with Crippen molar-refractivity contribution in [1.82, 2.24) is 14.8 Å². The van der Waals surface area contributed by atoms with Crippen molar-refractivity contribution < 1.29 is 0 Å². The second kappa shape index (κ2) is 5.16. The summed E-state index contributed by atoms with van der Waals surface area (Å²) in [6.07, 6.45) is 13.8. The summed E-state index contributed by atoms with van der Waals surface area (Å²) in [5.41, 5.74) is 4.96. The molecule has 0 aliphatic carbocycles. The van der Waals surface area contributed by atoms with Gasteiger partial charge < -0.3 is 9.80 Å². The van der Waals surface area contributed by atoms with Crippen molar-refractivity contribution in [1.29, 1.82) is 0 Å². The number of nitrogens with zero attached hydrogens (tertiary/aromatic N) is 3. The number of hydrogen-bond acceptors (Lipinski definition) is 3. The third-order valence-electron chi connectivity index (χ3n) is 4.01. The van der Waals surface area contributed by atoms with Gasteiger partial charge >= 0.3 is 0 Å². The first-order valence-electron chi connectivity index (χ1n) is 7.34. The molecule has 0 saturated carbocycles. The lowest BCUT2D eigenvalue weighted by Crippen LogP contribution is -2.30. The molecule has 3 heterocycles. The normalized spacial score (nSPS) is 19.2. The van der Waals surface area contributed by atoms with Gasteiger partial charge in [-0.3, -0.25) is 4.98 Å². The fraction of sp³-hybridized carbons (Fsp3) is 0.353. The number of aromatic nitrogens is 1. The van der Waals surface area contributed by atoms with Crippen LogP contribution in [-0.4, -0.2) is 14.8 Å². The summed E-state index contributed by atoms with van der Waals surface area (Å²) in [5, 5.41) is 0. The third-order valence-corrected chi connectivity index (χ3v) is 4.01. The molecule has 0 fully saturated rings. The van der Waals surface area contributed by atoms with Crippen molar-refractivity contribution >= 4 is 6.08 Å². The second-order valence-corrected chi connectivity index (χ2v) is 5.28. The Bertz CT molecular complexity index is 586. The molecule has 104 valence electrons. The first-order chi connectivity index (χ1) is 9.76. The van der Waals surface area contributed by atoms with Crippen LogP contribution >= 0.6 is 0 Å². The van der Waals surface area contributed by atoms with E-state index in [0.29, 0.717) is 0 Å². The number of allylic oxidation sites excluding steroid dienone is 1. The predicted molar refractivity (Wildman–Crippen MR) is 82.3 cm³/mol. The van der Waals surface area contributed by atoms with Crippen LogP contribution in [0.15, 0.2) is 43.1 Å². The molecule has 1 atom stereocenters. The largest absolute Gasteiger partial charge is 0.328 e. The van der Waals surface area contributed by atoms with E-state index < -0.39 is 0 Å². The van der Waals surface area contributed by atoms with Crippen LogP contribution in [0.25, 0.3) is 6.08 Å². The first-order valence-corrected chi connectivity index (χ1v) is 7.34. The number of fused-ring (bicyclic) bond motifs is 3. The smallest absolute Gasteiger partial charge is 0.137 e. The lowest BCUT2D eigenvalue weighted by molar-refractivity contribution is 0.227. The van der Waals surface area contributed by atoms with Gasteiger partial charge in [-0.2, -0.15) is 0 Å². The Balaban J connectivity index is 2.08. The molecular weight excluding hydrogens is 246 g/mol. The van der Waals surface area contributed by atoms with Gasteiger partial charge in [0.1, 0.15) is 6.17 Å². The molecular formula is C17H21N3. The fourth-order valence-corrected chi connectivity index (χ4v) is 2.94. The Kier molecular flexibility index (Phi) is 3.35. The topological polar surface area (TPSA) is 19.4 Å². The van der Waals surface area contributed by atoms with E-state index in [2.05, 4.69) is 66.0 Å². The van der Waals surface area contributed by atoms with Crippen molar-refractivity contribution in [3.8, 4) is 0 Å². The molecule has 3 nitrogen and oxygen atoms in total. The van der Waals surface area contributed by atoms with Crippen LogP contribution in [0.3, 0.4) is 0 Å². The minimum Gasteiger partial charge on any atom is -0.328 e. The van der Waals surface area contributed by atoms with Gasteiger partial charge in [0.2, 0.25) is 0 Å². The van der Waals surface area contributed by atoms with Gasteiger partial charge in [-0.05, 0) is 30.5 Å². The summed E-state index contributed by atoms with van der Waals surface area (Å²) in [6.45, 7) is 8.57.